The number of aromatic nitrogens is 4. The van der Waals surface area contributed by atoms with Crippen LogP contribution < -0.4 is 10.2 Å². The Hall–Kier alpha value is -2.87. The van der Waals surface area contributed by atoms with Gasteiger partial charge in [0.1, 0.15) is 0 Å². The van der Waals surface area contributed by atoms with Crippen molar-refractivity contribution in [2.45, 2.75) is 50.1 Å². The molecule has 1 N–H and O–H groups in total. The number of pyridine rings is 1. The molecule has 1 aliphatic rings. The van der Waals surface area contributed by atoms with Gasteiger partial charge in [-0.3, -0.25) is 9.78 Å². The third-order valence-electron chi connectivity index (χ3n) is 5.48. The average Bonchev–Trinajstić information content (AvgIpc) is 3.23. The summed E-state index contributed by atoms with van der Waals surface area (Å²) >= 11 is 1.42. The summed E-state index contributed by atoms with van der Waals surface area (Å²) in [5.74, 6) is 0.736. The standard InChI is InChI=1S/C23H28N6OS/c1-3-29-21(18-11-13-24-14-12-18)26-27-23(29)31-17(2)22(30)25-19-7-9-20(10-8-19)28-15-5-4-6-16-28/h7-14,17H,3-6,15-16H2,1-2H3,(H,25,30). The number of carbonyl (C=O) groups is 1. The van der Waals surface area contributed by atoms with E-state index >= 15 is 0 Å². The van der Waals surface area contributed by atoms with Crippen molar-refractivity contribution in [1.82, 2.24) is 19.7 Å². The Balaban J connectivity index is 1.39. The minimum absolute atomic E-state index is 0.0492. The summed E-state index contributed by atoms with van der Waals surface area (Å²) in [5.41, 5.74) is 2.99. The number of carbonyl (C=O) groups excluding carboxylic acids is 1. The van der Waals surface area contributed by atoms with Crippen LogP contribution in [0.25, 0.3) is 11.4 Å². The molecule has 1 aromatic carbocycles. The van der Waals surface area contributed by atoms with Crippen LogP contribution in [0.15, 0.2) is 53.9 Å². The lowest BCUT2D eigenvalue weighted by molar-refractivity contribution is -0.115. The Labute approximate surface area is 187 Å². The number of nitrogens with one attached hydrogen (secondary N) is 1. The van der Waals surface area contributed by atoms with Crippen molar-refractivity contribution < 1.29 is 4.79 Å². The van der Waals surface area contributed by atoms with E-state index in [2.05, 4.69) is 37.5 Å². The van der Waals surface area contributed by atoms with Crippen LogP contribution in [-0.4, -0.2) is 44.0 Å². The SMILES string of the molecule is CCn1c(SC(C)C(=O)Nc2ccc(N3CCCCC3)cc2)nnc1-c1ccncc1. The molecule has 0 spiro atoms. The van der Waals surface area contributed by atoms with Crippen LogP contribution in [0, 0.1) is 0 Å². The van der Waals surface area contributed by atoms with E-state index in [0.29, 0.717) is 0 Å². The van der Waals surface area contributed by atoms with Gasteiger partial charge in [0.15, 0.2) is 11.0 Å². The first-order valence-corrected chi connectivity index (χ1v) is 11.7. The summed E-state index contributed by atoms with van der Waals surface area (Å²) in [7, 11) is 0. The maximum atomic E-state index is 12.8. The Morgan fingerprint density at radius 1 is 1.06 bits per heavy atom. The third kappa shape index (κ3) is 5.07. The molecule has 4 rings (SSSR count). The Kier molecular flexibility index (Phi) is 6.86. The van der Waals surface area contributed by atoms with E-state index in [1.807, 2.05) is 42.7 Å². The number of thioether (sulfide) groups is 1. The van der Waals surface area contributed by atoms with Crippen LogP contribution in [0.4, 0.5) is 11.4 Å². The molecule has 31 heavy (non-hydrogen) atoms. The first-order chi connectivity index (χ1) is 15.2. The van der Waals surface area contributed by atoms with E-state index in [1.165, 1.54) is 36.7 Å². The molecule has 0 bridgehead atoms. The summed E-state index contributed by atoms with van der Waals surface area (Å²) in [5, 5.41) is 12.1. The predicted molar refractivity (Wildman–Crippen MR) is 125 cm³/mol. The van der Waals surface area contributed by atoms with Crippen molar-refractivity contribution in [3.8, 4) is 11.4 Å². The molecular formula is C23H28N6OS. The van der Waals surface area contributed by atoms with E-state index in [0.717, 1.165) is 41.9 Å². The normalized spacial score (nSPS) is 15.0. The molecule has 3 heterocycles. The predicted octanol–water partition coefficient (Wildman–Crippen LogP) is 4.47. The lowest BCUT2D eigenvalue weighted by Crippen LogP contribution is -2.29. The van der Waals surface area contributed by atoms with Crippen molar-refractivity contribution in [2.75, 3.05) is 23.3 Å². The molecule has 0 aliphatic carbocycles. The summed E-state index contributed by atoms with van der Waals surface area (Å²) in [6.45, 7) is 6.88. The van der Waals surface area contributed by atoms with Crippen molar-refractivity contribution in [2.24, 2.45) is 0 Å². The van der Waals surface area contributed by atoms with E-state index in [4.69, 9.17) is 0 Å². The highest BCUT2D eigenvalue weighted by molar-refractivity contribution is 8.00. The number of nitrogens with zero attached hydrogens (tertiary/aromatic N) is 5. The second-order valence-corrected chi connectivity index (χ2v) is 8.94. The maximum absolute atomic E-state index is 12.8. The first kappa shape index (κ1) is 21.4. The largest absolute Gasteiger partial charge is 0.372 e. The van der Waals surface area contributed by atoms with E-state index in [-0.39, 0.29) is 11.2 Å². The van der Waals surface area contributed by atoms with Gasteiger partial charge in [0, 0.05) is 49.0 Å². The summed E-state index contributed by atoms with van der Waals surface area (Å²) in [4.78, 5) is 19.2. The molecule has 1 fully saturated rings. The number of hydrogen-bond acceptors (Lipinski definition) is 6. The molecular weight excluding hydrogens is 408 g/mol. The van der Waals surface area contributed by atoms with Crippen LogP contribution in [0.3, 0.4) is 0 Å². The quantitative estimate of drug-likeness (QED) is 0.551. The summed E-state index contributed by atoms with van der Waals surface area (Å²) in [6, 6.07) is 12.0. The number of rotatable bonds is 7. The maximum Gasteiger partial charge on any atom is 0.237 e. The lowest BCUT2D eigenvalue weighted by atomic mass is 10.1. The van der Waals surface area contributed by atoms with Crippen molar-refractivity contribution in [3.05, 3.63) is 48.8 Å². The molecule has 7 nitrogen and oxygen atoms in total. The number of anilines is 2. The van der Waals surface area contributed by atoms with Gasteiger partial charge in [0.2, 0.25) is 5.91 Å². The zero-order chi connectivity index (χ0) is 21.6. The Bertz CT molecular complexity index is 999. The fourth-order valence-electron chi connectivity index (χ4n) is 3.74. The molecule has 1 saturated heterocycles. The van der Waals surface area contributed by atoms with Gasteiger partial charge in [0.25, 0.3) is 0 Å². The fourth-order valence-corrected chi connectivity index (χ4v) is 4.65. The van der Waals surface area contributed by atoms with Gasteiger partial charge in [-0.1, -0.05) is 11.8 Å². The molecule has 1 amide bonds. The Morgan fingerprint density at radius 2 is 1.77 bits per heavy atom. The number of hydrogen-bond donors (Lipinski definition) is 1. The van der Waals surface area contributed by atoms with Crippen molar-refractivity contribution >= 4 is 29.0 Å². The number of benzene rings is 1. The smallest absolute Gasteiger partial charge is 0.237 e. The fraction of sp³-hybridized carbons (Fsp3) is 0.391. The number of piperidine rings is 1. The van der Waals surface area contributed by atoms with E-state index in [9.17, 15) is 4.79 Å². The summed E-state index contributed by atoms with van der Waals surface area (Å²) < 4.78 is 2.02. The van der Waals surface area contributed by atoms with Crippen molar-refractivity contribution in [3.63, 3.8) is 0 Å². The van der Waals surface area contributed by atoms with Gasteiger partial charge in [-0.15, -0.1) is 10.2 Å². The second kappa shape index (κ2) is 9.96. The molecule has 3 aromatic rings. The van der Waals surface area contributed by atoms with Gasteiger partial charge in [0.05, 0.1) is 5.25 Å². The van der Waals surface area contributed by atoms with Gasteiger partial charge in [-0.05, 0) is 69.5 Å². The van der Waals surface area contributed by atoms with E-state index in [1.54, 1.807) is 12.4 Å². The van der Waals surface area contributed by atoms with Gasteiger partial charge >= 0.3 is 0 Å². The average molecular weight is 437 g/mol. The minimum Gasteiger partial charge on any atom is -0.372 e. The molecule has 1 unspecified atom stereocenters. The first-order valence-electron chi connectivity index (χ1n) is 10.8. The zero-order valence-corrected chi connectivity index (χ0v) is 18.8. The molecule has 0 saturated carbocycles. The zero-order valence-electron chi connectivity index (χ0n) is 18.0. The van der Waals surface area contributed by atoms with Crippen LogP contribution in [0.1, 0.15) is 33.1 Å². The number of amides is 1. The second-order valence-electron chi connectivity index (χ2n) is 7.63. The van der Waals surface area contributed by atoms with Crippen LogP contribution in [-0.2, 0) is 11.3 Å². The monoisotopic (exact) mass is 436 g/mol. The molecule has 8 heteroatoms. The van der Waals surface area contributed by atoms with Gasteiger partial charge in [-0.2, -0.15) is 0 Å². The third-order valence-corrected chi connectivity index (χ3v) is 6.56. The highest BCUT2D eigenvalue weighted by Gasteiger charge is 2.20. The highest BCUT2D eigenvalue weighted by atomic mass is 32.2. The minimum atomic E-state index is -0.304. The topological polar surface area (TPSA) is 75.9 Å². The summed E-state index contributed by atoms with van der Waals surface area (Å²) in [6.07, 6.45) is 7.29. The van der Waals surface area contributed by atoms with E-state index < -0.39 is 0 Å². The molecule has 1 aliphatic heterocycles. The van der Waals surface area contributed by atoms with Crippen LogP contribution in [0.5, 0.6) is 0 Å². The van der Waals surface area contributed by atoms with Gasteiger partial charge < -0.3 is 14.8 Å². The van der Waals surface area contributed by atoms with Crippen LogP contribution in [0.2, 0.25) is 0 Å². The van der Waals surface area contributed by atoms with Crippen molar-refractivity contribution in [1.29, 1.82) is 0 Å². The molecule has 2 aromatic heterocycles. The van der Waals surface area contributed by atoms with Gasteiger partial charge in [-0.25, -0.2) is 0 Å². The molecule has 0 radical (unpaired) electrons. The molecule has 1 atom stereocenters. The lowest BCUT2D eigenvalue weighted by Gasteiger charge is -2.28. The highest BCUT2D eigenvalue weighted by Crippen LogP contribution is 2.27. The Morgan fingerprint density at radius 3 is 2.45 bits per heavy atom. The molecule has 162 valence electrons. The van der Waals surface area contributed by atoms with Crippen LogP contribution >= 0.6 is 11.8 Å².